The van der Waals surface area contributed by atoms with Gasteiger partial charge >= 0.3 is 0 Å². The van der Waals surface area contributed by atoms with Gasteiger partial charge in [0, 0.05) is 0 Å². The number of hydrazone groups is 1. The largest absolute Gasteiger partial charge is 0.504 e. The number of nitrogens with one attached hydrogen (secondary N) is 1. The molecule has 0 spiro atoms. The summed E-state index contributed by atoms with van der Waals surface area (Å²) < 4.78 is 29.9. The van der Waals surface area contributed by atoms with Gasteiger partial charge in [-0.15, -0.1) is 0 Å². The summed E-state index contributed by atoms with van der Waals surface area (Å²) >= 11 is 0. The van der Waals surface area contributed by atoms with Crippen LogP contribution in [0.4, 0.5) is 0 Å². The number of phenolic OH excluding ortho intramolecular Hbond substituents is 1. The zero-order valence-corrected chi connectivity index (χ0v) is 16.0. The Morgan fingerprint density at radius 1 is 1.19 bits per heavy atom. The second-order valence-electron chi connectivity index (χ2n) is 5.89. The molecule has 0 amide bonds. The first-order valence-corrected chi connectivity index (χ1v) is 9.96. The molecule has 6 nitrogen and oxygen atoms in total. The van der Waals surface area contributed by atoms with Gasteiger partial charge < -0.3 is 9.84 Å². The number of hydrogen-bond donors (Lipinski definition) is 2. The summed E-state index contributed by atoms with van der Waals surface area (Å²) in [7, 11) is -3.74. The summed E-state index contributed by atoms with van der Waals surface area (Å²) in [4.78, 5) is 2.35. The molecule has 7 heteroatoms. The fourth-order valence-electron chi connectivity index (χ4n) is 2.32. The topological polar surface area (TPSA) is 88.0 Å². The van der Waals surface area contributed by atoms with Crippen LogP contribution in [0.1, 0.15) is 44.2 Å². The maximum Gasteiger partial charge on any atom is 0.276 e. The highest BCUT2D eigenvalue weighted by molar-refractivity contribution is 7.89. The van der Waals surface area contributed by atoms with Crippen LogP contribution >= 0.6 is 0 Å². The summed E-state index contributed by atoms with van der Waals surface area (Å²) in [6.45, 7) is 6.40. The first-order valence-electron chi connectivity index (χ1n) is 8.48. The van der Waals surface area contributed by atoms with Crippen molar-refractivity contribution in [2.24, 2.45) is 5.10 Å². The van der Waals surface area contributed by atoms with Gasteiger partial charge in [0.05, 0.1) is 17.7 Å². The van der Waals surface area contributed by atoms with Gasteiger partial charge in [-0.05, 0) is 60.7 Å². The fourth-order valence-corrected chi connectivity index (χ4v) is 3.11. The number of rotatable bonds is 8. The molecule has 0 heterocycles. The highest BCUT2D eigenvalue weighted by Crippen LogP contribution is 2.26. The van der Waals surface area contributed by atoms with Crippen molar-refractivity contribution >= 4 is 16.2 Å². The molecule has 26 heavy (non-hydrogen) atoms. The zero-order valence-electron chi connectivity index (χ0n) is 15.1. The molecular formula is C19H24N2O4S. The highest BCUT2D eigenvalue weighted by atomic mass is 32.2. The van der Waals surface area contributed by atoms with E-state index in [9.17, 15) is 13.5 Å². The SMILES string of the molecule is CCOc1cc(C=NNS(=O)(=O)c2ccc(C(C)CC)cc2)ccc1O. The van der Waals surface area contributed by atoms with E-state index in [4.69, 9.17) is 4.74 Å². The van der Waals surface area contributed by atoms with Crippen molar-refractivity contribution < 1.29 is 18.3 Å². The van der Waals surface area contributed by atoms with Crippen LogP contribution in [0, 0.1) is 0 Å². The molecule has 0 bridgehead atoms. The maximum atomic E-state index is 12.3. The molecule has 0 fully saturated rings. The number of phenols is 1. The van der Waals surface area contributed by atoms with Crippen LogP contribution in [-0.2, 0) is 10.0 Å². The van der Waals surface area contributed by atoms with Crippen molar-refractivity contribution in [1.29, 1.82) is 0 Å². The number of aromatic hydroxyl groups is 1. The van der Waals surface area contributed by atoms with Gasteiger partial charge in [0.1, 0.15) is 0 Å². The van der Waals surface area contributed by atoms with E-state index < -0.39 is 10.0 Å². The van der Waals surface area contributed by atoms with Crippen molar-refractivity contribution in [3.05, 3.63) is 53.6 Å². The van der Waals surface area contributed by atoms with Crippen molar-refractivity contribution in [1.82, 2.24) is 4.83 Å². The van der Waals surface area contributed by atoms with E-state index >= 15 is 0 Å². The summed E-state index contributed by atoms with van der Waals surface area (Å²) in [6, 6.07) is 11.4. The molecule has 0 aliphatic heterocycles. The minimum Gasteiger partial charge on any atom is -0.504 e. The van der Waals surface area contributed by atoms with Crippen molar-refractivity contribution in [3.8, 4) is 11.5 Å². The van der Waals surface area contributed by atoms with E-state index in [0.717, 1.165) is 12.0 Å². The number of benzene rings is 2. The van der Waals surface area contributed by atoms with Gasteiger partial charge in [0.25, 0.3) is 10.0 Å². The number of sulfonamides is 1. The van der Waals surface area contributed by atoms with Gasteiger partial charge in [0.15, 0.2) is 11.5 Å². The third-order valence-corrected chi connectivity index (χ3v) is 5.28. The Kier molecular flexibility index (Phi) is 6.63. The molecule has 0 aliphatic carbocycles. The van der Waals surface area contributed by atoms with Crippen LogP contribution in [0.25, 0.3) is 0 Å². The van der Waals surface area contributed by atoms with Gasteiger partial charge in [-0.1, -0.05) is 26.0 Å². The van der Waals surface area contributed by atoms with Crippen LogP contribution in [-0.4, -0.2) is 26.3 Å². The molecule has 0 aromatic heterocycles. The van der Waals surface area contributed by atoms with E-state index in [1.165, 1.54) is 12.3 Å². The van der Waals surface area contributed by atoms with Crippen LogP contribution < -0.4 is 9.57 Å². The second-order valence-corrected chi connectivity index (χ2v) is 7.55. The van der Waals surface area contributed by atoms with Crippen molar-refractivity contribution in [2.45, 2.75) is 38.0 Å². The molecule has 2 aromatic rings. The predicted molar refractivity (Wildman–Crippen MR) is 102 cm³/mol. The number of ether oxygens (including phenoxy) is 1. The van der Waals surface area contributed by atoms with E-state index in [1.54, 1.807) is 31.2 Å². The average Bonchev–Trinajstić information content (AvgIpc) is 2.64. The minimum absolute atomic E-state index is 0.0194. The molecule has 2 rings (SSSR count). The minimum atomic E-state index is -3.74. The summed E-state index contributed by atoms with van der Waals surface area (Å²) in [6.07, 6.45) is 2.35. The van der Waals surface area contributed by atoms with Crippen LogP contribution in [0.3, 0.4) is 0 Å². The highest BCUT2D eigenvalue weighted by Gasteiger charge is 2.13. The molecule has 1 atom stereocenters. The first-order chi connectivity index (χ1) is 12.4. The Labute approximate surface area is 154 Å². The van der Waals surface area contributed by atoms with Crippen molar-refractivity contribution in [3.63, 3.8) is 0 Å². The second kappa shape index (κ2) is 8.71. The Morgan fingerprint density at radius 3 is 2.50 bits per heavy atom. The number of hydrogen-bond acceptors (Lipinski definition) is 5. The Hall–Kier alpha value is -2.54. The lowest BCUT2D eigenvalue weighted by molar-refractivity contribution is 0.318. The fraction of sp³-hybridized carbons (Fsp3) is 0.316. The molecule has 0 radical (unpaired) electrons. The molecule has 2 aromatic carbocycles. The van der Waals surface area contributed by atoms with Crippen LogP contribution in [0.5, 0.6) is 11.5 Å². The monoisotopic (exact) mass is 376 g/mol. The third-order valence-electron chi connectivity index (χ3n) is 4.04. The first kappa shape index (κ1) is 19.8. The standard InChI is InChI=1S/C19H24N2O4S/c1-4-14(3)16-7-9-17(10-8-16)26(23,24)21-20-13-15-6-11-18(22)19(12-15)25-5-2/h6-14,21-22H,4-5H2,1-3H3. The van der Waals surface area contributed by atoms with E-state index in [1.807, 2.05) is 12.1 Å². The molecule has 0 saturated heterocycles. The molecule has 140 valence electrons. The molecular weight excluding hydrogens is 352 g/mol. The maximum absolute atomic E-state index is 12.3. The van der Waals surface area contributed by atoms with Gasteiger partial charge in [-0.3, -0.25) is 0 Å². The normalized spacial score (nSPS) is 12.9. The van der Waals surface area contributed by atoms with Crippen molar-refractivity contribution in [2.75, 3.05) is 6.61 Å². The quantitative estimate of drug-likeness (QED) is 0.544. The Morgan fingerprint density at radius 2 is 1.88 bits per heavy atom. The lowest BCUT2D eigenvalue weighted by Crippen LogP contribution is -2.18. The zero-order chi connectivity index (χ0) is 19.2. The summed E-state index contributed by atoms with van der Waals surface area (Å²) in [5.41, 5.74) is 1.70. The molecule has 0 saturated carbocycles. The van der Waals surface area contributed by atoms with Gasteiger partial charge in [0.2, 0.25) is 0 Å². The lowest BCUT2D eigenvalue weighted by Gasteiger charge is -2.10. The number of nitrogens with zero attached hydrogens (tertiary/aromatic N) is 1. The van der Waals surface area contributed by atoms with E-state index in [-0.39, 0.29) is 10.6 Å². The lowest BCUT2D eigenvalue weighted by atomic mass is 9.99. The van der Waals surface area contributed by atoms with Gasteiger partial charge in [-0.25, -0.2) is 4.83 Å². The van der Waals surface area contributed by atoms with E-state index in [2.05, 4.69) is 23.8 Å². The smallest absolute Gasteiger partial charge is 0.276 e. The molecule has 0 aliphatic rings. The third kappa shape index (κ3) is 4.98. The Bertz CT molecular complexity index is 862. The predicted octanol–water partition coefficient (Wildman–Crippen LogP) is 3.62. The van der Waals surface area contributed by atoms with Crippen LogP contribution in [0.15, 0.2) is 52.5 Å². The average molecular weight is 376 g/mol. The summed E-state index contributed by atoms with van der Waals surface area (Å²) in [5.74, 6) is 0.720. The summed E-state index contributed by atoms with van der Waals surface area (Å²) in [5, 5.41) is 13.5. The van der Waals surface area contributed by atoms with Crippen LogP contribution in [0.2, 0.25) is 0 Å². The molecule has 1 unspecified atom stereocenters. The Balaban J connectivity index is 2.10. The van der Waals surface area contributed by atoms with E-state index in [0.29, 0.717) is 23.8 Å². The molecule has 2 N–H and O–H groups in total. The van der Waals surface area contributed by atoms with Gasteiger partial charge in [-0.2, -0.15) is 13.5 Å².